The van der Waals surface area contributed by atoms with Crippen LogP contribution in [0.3, 0.4) is 0 Å². The van der Waals surface area contributed by atoms with E-state index in [-0.39, 0.29) is 36.4 Å². The molecule has 3 aromatic heterocycles. The van der Waals surface area contributed by atoms with Crippen LogP contribution in [0, 0.1) is 0 Å². The van der Waals surface area contributed by atoms with Crippen molar-refractivity contribution in [2.45, 2.75) is 18.5 Å². The summed E-state index contributed by atoms with van der Waals surface area (Å²) >= 11 is 0. The van der Waals surface area contributed by atoms with Gasteiger partial charge in [-0.15, -0.1) is 0 Å². The number of halogens is 1. The molecule has 0 radical (unpaired) electrons. The van der Waals surface area contributed by atoms with Crippen LogP contribution in [0.5, 0.6) is 0 Å². The molecular formula is C17H17FN6O2. The summed E-state index contributed by atoms with van der Waals surface area (Å²) in [6, 6.07) is 3.51. The molecule has 1 saturated heterocycles. The molecule has 0 bridgehead atoms. The molecule has 0 aromatic carbocycles. The van der Waals surface area contributed by atoms with Gasteiger partial charge in [0.2, 0.25) is 11.5 Å². The Hall–Kier alpha value is -3.10. The molecule has 1 fully saturated rings. The highest BCUT2D eigenvalue weighted by Crippen LogP contribution is 2.35. The van der Waals surface area contributed by atoms with Crippen molar-refractivity contribution in [2.24, 2.45) is 7.05 Å². The summed E-state index contributed by atoms with van der Waals surface area (Å²) in [7, 11) is 1.73. The van der Waals surface area contributed by atoms with Crippen LogP contribution in [0.1, 0.15) is 29.4 Å². The van der Waals surface area contributed by atoms with Crippen LogP contribution in [0.15, 0.2) is 41.4 Å². The normalized spacial score (nSPS) is 20.3. The van der Waals surface area contributed by atoms with Crippen LogP contribution in [-0.4, -0.2) is 48.6 Å². The minimum absolute atomic E-state index is 0.117. The van der Waals surface area contributed by atoms with Crippen molar-refractivity contribution in [3.05, 3.63) is 48.6 Å². The van der Waals surface area contributed by atoms with Crippen molar-refractivity contribution in [1.29, 1.82) is 0 Å². The van der Waals surface area contributed by atoms with E-state index < -0.39 is 5.67 Å². The molecule has 4 heterocycles. The fraction of sp³-hybridized carbons (Fsp3) is 0.353. The summed E-state index contributed by atoms with van der Waals surface area (Å²) in [5.74, 6) is 0.119. The van der Waals surface area contributed by atoms with Crippen LogP contribution in [0.25, 0.3) is 11.4 Å². The molecule has 1 amide bonds. The lowest BCUT2D eigenvalue weighted by molar-refractivity contribution is 0.0144. The number of hydrogen-bond acceptors (Lipinski definition) is 6. The second-order valence-electron chi connectivity index (χ2n) is 6.32. The van der Waals surface area contributed by atoms with Gasteiger partial charge in [-0.1, -0.05) is 5.16 Å². The van der Waals surface area contributed by atoms with Crippen molar-refractivity contribution in [2.75, 3.05) is 13.1 Å². The molecule has 4 rings (SSSR count). The molecule has 3 aromatic rings. The molecule has 9 heteroatoms. The van der Waals surface area contributed by atoms with E-state index in [1.807, 2.05) is 0 Å². The third kappa shape index (κ3) is 2.85. The van der Waals surface area contributed by atoms with Crippen molar-refractivity contribution >= 4 is 5.91 Å². The molecular weight excluding hydrogens is 339 g/mol. The number of hydrogen-bond donors (Lipinski definition) is 0. The lowest BCUT2D eigenvalue weighted by atomic mass is 9.94. The Balaban J connectivity index is 1.57. The predicted molar refractivity (Wildman–Crippen MR) is 88.7 cm³/mol. The number of amides is 1. The Bertz CT molecular complexity index is 924. The van der Waals surface area contributed by atoms with Gasteiger partial charge in [-0.2, -0.15) is 4.98 Å². The van der Waals surface area contributed by atoms with Crippen LogP contribution in [0.2, 0.25) is 0 Å². The van der Waals surface area contributed by atoms with Gasteiger partial charge in [-0.05, 0) is 25.0 Å². The number of carbonyl (C=O) groups is 1. The molecule has 1 aliphatic rings. The average Bonchev–Trinajstić information content (AvgIpc) is 3.31. The standard InChI is InChI=1S/C17H17FN6O2/c1-23-9-7-20-14(23)15(25)24-8-3-5-17(18,11-24)16-21-13(22-26-16)12-4-2-6-19-10-12/h2,4,6-7,9-10H,3,5,8,11H2,1H3/t17-/m0/s1. The number of imidazole rings is 1. The molecule has 134 valence electrons. The summed E-state index contributed by atoms with van der Waals surface area (Å²) in [6.07, 6.45) is 7.14. The van der Waals surface area contributed by atoms with Crippen molar-refractivity contribution in [3.8, 4) is 11.4 Å². The van der Waals surface area contributed by atoms with E-state index in [9.17, 15) is 4.79 Å². The Morgan fingerprint density at radius 3 is 3.00 bits per heavy atom. The van der Waals surface area contributed by atoms with Crippen molar-refractivity contribution < 1.29 is 13.7 Å². The highest BCUT2D eigenvalue weighted by Gasteiger charge is 2.44. The number of aryl methyl sites for hydroxylation is 1. The maximum atomic E-state index is 15.6. The number of piperidine rings is 1. The van der Waals surface area contributed by atoms with E-state index in [1.54, 1.807) is 42.3 Å². The maximum absolute atomic E-state index is 15.6. The third-order valence-electron chi connectivity index (χ3n) is 4.47. The van der Waals surface area contributed by atoms with Crippen LogP contribution in [0.4, 0.5) is 4.39 Å². The van der Waals surface area contributed by atoms with Gasteiger partial charge in [0.15, 0.2) is 5.82 Å². The molecule has 0 spiro atoms. The van der Waals surface area contributed by atoms with Gasteiger partial charge in [-0.25, -0.2) is 9.37 Å². The first-order chi connectivity index (χ1) is 12.6. The highest BCUT2D eigenvalue weighted by atomic mass is 19.1. The lowest BCUT2D eigenvalue weighted by Crippen LogP contribution is -2.47. The van der Waals surface area contributed by atoms with Crippen molar-refractivity contribution in [3.63, 3.8) is 0 Å². The molecule has 1 aliphatic heterocycles. The zero-order valence-corrected chi connectivity index (χ0v) is 14.2. The topological polar surface area (TPSA) is 89.9 Å². The predicted octanol–water partition coefficient (Wildman–Crippen LogP) is 1.97. The Morgan fingerprint density at radius 2 is 2.27 bits per heavy atom. The minimum atomic E-state index is -1.88. The summed E-state index contributed by atoms with van der Waals surface area (Å²) in [5.41, 5.74) is -1.24. The average molecular weight is 356 g/mol. The Kier molecular flexibility index (Phi) is 3.98. The van der Waals surface area contributed by atoms with E-state index in [0.717, 1.165) is 0 Å². The monoisotopic (exact) mass is 356 g/mol. The number of carbonyl (C=O) groups excluding carboxylic acids is 1. The van der Waals surface area contributed by atoms with Crippen molar-refractivity contribution in [1.82, 2.24) is 29.6 Å². The van der Waals surface area contributed by atoms with Gasteiger partial charge in [0.05, 0.1) is 6.54 Å². The highest BCUT2D eigenvalue weighted by molar-refractivity contribution is 5.91. The van der Waals surface area contributed by atoms with Gasteiger partial charge in [-0.3, -0.25) is 9.78 Å². The summed E-state index contributed by atoms with van der Waals surface area (Å²) in [6.45, 7) is 0.314. The van der Waals surface area contributed by atoms with Crippen LogP contribution in [-0.2, 0) is 12.7 Å². The molecule has 0 aliphatic carbocycles. The van der Waals surface area contributed by atoms with Gasteiger partial charge in [0, 0.05) is 43.9 Å². The second-order valence-corrected chi connectivity index (χ2v) is 6.32. The lowest BCUT2D eigenvalue weighted by Gasteiger charge is -2.34. The molecule has 1 atom stereocenters. The Labute approximate surface area is 148 Å². The van der Waals surface area contributed by atoms with E-state index in [0.29, 0.717) is 18.5 Å². The number of aromatic nitrogens is 5. The molecule has 8 nitrogen and oxygen atoms in total. The van der Waals surface area contributed by atoms with E-state index in [1.165, 1.54) is 11.1 Å². The quantitative estimate of drug-likeness (QED) is 0.713. The molecule has 0 unspecified atom stereocenters. The molecule has 0 saturated carbocycles. The SMILES string of the molecule is Cn1ccnc1C(=O)N1CCC[C@@](F)(c2nc(-c3cccnc3)no2)C1. The van der Waals surface area contributed by atoms with E-state index in [4.69, 9.17) is 4.52 Å². The molecule has 0 N–H and O–H groups in total. The number of rotatable bonds is 3. The summed E-state index contributed by atoms with van der Waals surface area (Å²) < 4.78 is 22.4. The Morgan fingerprint density at radius 1 is 1.38 bits per heavy atom. The first-order valence-corrected chi connectivity index (χ1v) is 8.27. The fourth-order valence-corrected chi connectivity index (χ4v) is 3.09. The largest absolute Gasteiger partial charge is 0.335 e. The minimum Gasteiger partial charge on any atom is -0.335 e. The van der Waals surface area contributed by atoms with Gasteiger partial charge < -0.3 is 14.0 Å². The maximum Gasteiger partial charge on any atom is 0.289 e. The summed E-state index contributed by atoms with van der Waals surface area (Å²) in [5, 5.41) is 3.85. The smallest absolute Gasteiger partial charge is 0.289 e. The number of alkyl halides is 1. The van der Waals surface area contributed by atoms with Gasteiger partial charge in [0.25, 0.3) is 11.8 Å². The number of nitrogens with zero attached hydrogens (tertiary/aromatic N) is 6. The molecule has 26 heavy (non-hydrogen) atoms. The van der Waals surface area contributed by atoms with E-state index >= 15 is 4.39 Å². The van der Waals surface area contributed by atoms with Gasteiger partial charge in [0.1, 0.15) is 0 Å². The zero-order chi connectivity index (χ0) is 18.1. The zero-order valence-electron chi connectivity index (χ0n) is 14.2. The third-order valence-corrected chi connectivity index (χ3v) is 4.47. The van der Waals surface area contributed by atoms with Crippen LogP contribution >= 0.6 is 0 Å². The first kappa shape index (κ1) is 16.4. The van der Waals surface area contributed by atoms with E-state index in [2.05, 4.69) is 20.1 Å². The second kappa shape index (κ2) is 6.32. The van der Waals surface area contributed by atoms with Gasteiger partial charge >= 0.3 is 0 Å². The van der Waals surface area contributed by atoms with Crippen LogP contribution < -0.4 is 0 Å². The summed E-state index contributed by atoms with van der Waals surface area (Å²) in [4.78, 5) is 26.3. The fourth-order valence-electron chi connectivity index (χ4n) is 3.09. The first-order valence-electron chi connectivity index (χ1n) is 8.27. The number of likely N-dealkylation sites (tertiary alicyclic amines) is 1. The number of pyridine rings is 1.